The summed E-state index contributed by atoms with van der Waals surface area (Å²) >= 11 is 0. The van der Waals surface area contributed by atoms with Crippen molar-refractivity contribution in [2.75, 3.05) is 13.2 Å². The van der Waals surface area contributed by atoms with Crippen molar-refractivity contribution in [2.45, 2.75) is 40.2 Å². The van der Waals surface area contributed by atoms with Crippen LogP contribution in [-0.2, 0) is 0 Å². The Morgan fingerprint density at radius 1 is 1.32 bits per heavy atom. The van der Waals surface area contributed by atoms with Gasteiger partial charge in [-0.25, -0.2) is 5.43 Å². The molecule has 10 nitrogen and oxygen atoms in total. The maximum absolute atomic E-state index is 12.4. The molecule has 2 rings (SSSR count). The summed E-state index contributed by atoms with van der Waals surface area (Å²) in [4.78, 5) is 35.7. The molecule has 0 atom stereocenters. The lowest BCUT2D eigenvalue weighted by molar-refractivity contribution is -0.386. The van der Waals surface area contributed by atoms with E-state index < -0.39 is 16.4 Å². The SMILES string of the molecule is CCCOc1c(OCC)cc(/C=N\NC(=O)c2cccn(C(C)C)c2=O)cc1[N+](=O)[O-]. The molecule has 0 bridgehead atoms. The second-order valence-corrected chi connectivity index (χ2v) is 6.83. The Morgan fingerprint density at radius 3 is 2.68 bits per heavy atom. The van der Waals surface area contributed by atoms with Crippen LogP contribution >= 0.6 is 0 Å². The minimum Gasteiger partial charge on any atom is -0.490 e. The van der Waals surface area contributed by atoms with Gasteiger partial charge in [0.05, 0.1) is 24.4 Å². The van der Waals surface area contributed by atoms with E-state index in [1.165, 1.54) is 29.0 Å². The Morgan fingerprint density at radius 2 is 2.06 bits per heavy atom. The van der Waals surface area contributed by atoms with E-state index in [1.54, 1.807) is 19.2 Å². The Bertz CT molecular complexity index is 1030. The maximum atomic E-state index is 12.4. The first-order valence-electron chi connectivity index (χ1n) is 9.92. The van der Waals surface area contributed by atoms with Crippen molar-refractivity contribution in [1.82, 2.24) is 9.99 Å². The molecule has 0 saturated heterocycles. The number of benzene rings is 1. The van der Waals surface area contributed by atoms with Gasteiger partial charge in [0.2, 0.25) is 5.75 Å². The normalized spacial score (nSPS) is 11.0. The van der Waals surface area contributed by atoms with Crippen LogP contribution in [0.4, 0.5) is 5.69 Å². The number of nitrogens with zero attached hydrogens (tertiary/aromatic N) is 3. The van der Waals surface area contributed by atoms with E-state index in [1.807, 2.05) is 20.8 Å². The van der Waals surface area contributed by atoms with Crippen molar-refractivity contribution in [3.8, 4) is 11.5 Å². The highest BCUT2D eigenvalue weighted by atomic mass is 16.6. The summed E-state index contributed by atoms with van der Waals surface area (Å²) in [5.74, 6) is -0.423. The highest BCUT2D eigenvalue weighted by Gasteiger charge is 2.22. The van der Waals surface area contributed by atoms with E-state index >= 15 is 0 Å². The topological polar surface area (TPSA) is 125 Å². The van der Waals surface area contributed by atoms with Crippen LogP contribution in [-0.4, -0.2) is 34.8 Å². The lowest BCUT2D eigenvalue weighted by atomic mass is 10.2. The molecular weight excluding hydrogens is 404 g/mol. The zero-order valence-corrected chi connectivity index (χ0v) is 18.0. The van der Waals surface area contributed by atoms with Crippen LogP contribution in [0.25, 0.3) is 0 Å². The monoisotopic (exact) mass is 430 g/mol. The molecule has 0 radical (unpaired) electrons. The Hall–Kier alpha value is -3.69. The molecule has 0 aliphatic heterocycles. The van der Waals surface area contributed by atoms with Crippen LogP contribution in [0.2, 0.25) is 0 Å². The number of hydrogen-bond acceptors (Lipinski definition) is 7. The molecule has 0 fully saturated rings. The molecule has 1 N–H and O–H groups in total. The lowest BCUT2D eigenvalue weighted by Crippen LogP contribution is -2.31. The number of hydrazone groups is 1. The van der Waals surface area contributed by atoms with E-state index in [2.05, 4.69) is 10.5 Å². The first kappa shape index (κ1) is 23.6. The molecule has 10 heteroatoms. The maximum Gasteiger partial charge on any atom is 0.315 e. The molecule has 166 valence electrons. The average molecular weight is 430 g/mol. The van der Waals surface area contributed by atoms with Crippen molar-refractivity contribution in [3.05, 3.63) is 62.1 Å². The van der Waals surface area contributed by atoms with Gasteiger partial charge in [0.15, 0.2) is 5.75 Å². The quantitative estimate of drug-likeness (QED) is 0.350. The average Bonchev–Trinajstić information content (AvgIpc) is 2.72. The smallest absolute Gasteiger partial charge is 0.315 e. The van der Waals surface area contributed by atoms with E-state index in [0.29, 0.717) is 18.6 Å². The van der Waals surface area contributed by atoms with E-state index in [9.17, 15) is 19.7 Å². The number of ether oxygens (including phenoxy) is 2. The number of nitro groups is 1. The number of aromatic nitrogens is 1. The predicted molar refractivity (Wildman–Crippen MR) is 116 cm³/mol. The predicted octanol–water partition coefficient (Wildman–Crippen LogP) is 3.29. The highest BCUT2D eigenvalue weighted by Crippen LogP contribution is 2.38. The minimum atomic E-state index is -0.682. The van der Waals surface area contributed by atoms with Gasteiger partial charge in [-0.2, -0.15) is 5.10 Å². The molecule has 0 aliphatic rings. The van der Waals surface area contributed by atoms with Crippen LogP contribution in [0.1, 0.15) is 56.1 Å². The highest BCUT2D eigenvalue weighted by molar-refractivity contribution is 5.94. The Kier molecular flexibility index (Phi) is 8.30. The van der Waals surface area contributed by atoms with Crippen molar-refractivity contribution >= 4 is 17.8 Å². The largest absolute Gasteiger partial charge is 0.490 e. The van der Waals surface area contributed by atoms with Crippen molar-refractivity contribution in [2.24, 2.45) is 5.10 Å². The summed E-state index contributed by atoms with van der Waals surface area (Å²) in [5.41, 5.74) is 1.84. The van der Waals surface area contributed by atoms with Gasteiger partial charge < -0.3 is 14.0 Å². The molecule has 1 amide bonds. The fraction of sp³-hybridized carbons (Fsp3) is 0.381. The van der Waals surface area contributed by atoms with Crippen LogP contribution in [0.15, 0.2) is 40.4 Å². The first-order chi connectivity index (χ1) is 14.8. The fourth-order valence-corrected chi connectivity index (χ4v) is 2.75. The van der Waals surface area contributed by atoms with Gasteiger partial charge in [-0.15, -0.1) is 0 Å². The summed E-state index contributed by atoms with van der Waals surface area (Å²) in [6.07, 6.45) is 3.51. The van der Waals surface area contributed by atoms with Crippen LogP contribution in [0.3, 0.4) is 0 Å². The lowest BCUT2D eigenvalue weighted by Gasteiger charge is -2.12. The molecule has 31 heavy (non-hydrogen) atoms. The molecular formula is C21H26N4O6. The number of carbonyl (C=O) groups is 1. The third kappa shape index (κ3) is 5.91. The zero-order chi connectivity index (χ0) is 23.0. The third-order valence-electron chi connectivity index (χ3n) is 4.16. The van der Waals surface area contributed by atoms with Crippen LogP contribution < -0.4 is 20.5 Å². The summed E-state index contributed by atoms with van der Waals surface area (Å²) < 4.78 is 12.4. The molecule has 1 heterocycles. The molecule has 0 unspecified atom stereocenters. The molecule has 2 aromatic rings. The van der Waals surface area contributed by atoms with Gasteiger partial charge in [0, 0.05) is 23.9 Å². The Balaban J connectivity index is 2.29. The van der Waals surface area contributed by atoms with Gasteiger partial charge in [0.25, 0.3) is 11.5 Å². The van der Waals surface area contributed by atoms with Crippen molar-refractivity contribution in [3.63, 3.8) is 0 Å². The number of hydrogen-bond donors (Lipinski definition) is 1. The molecule has 1 aromatic carbocycles. The van der Waals surface area contributed by atoms with Crippen LogP contribution in [0, 0.1) is 10.1 Å². The number of rotatable bonds is 10. The van der Waals surface area contributed by atoms with Gasteiger partial charge >= 0.3 is 5.69 Å². The van der Waals surface area contributed by atoms with Gasteiger partial charge in [-0.05, 0) is 45.4 Å². The standard InChI is InChI=1S/C21H26N4O6/c1-5-10-31-19-17(25(28)29)11-15(12-18(19)30-6-2)13-22-23-20(26)16-8-7-9-24(14(3)4)21(16)27/h7-9,11-14H,5-6,10H2,1-4H3,(H,23,26)/b22-13-. The first-order valence-corrected chi connectivity index (χ1v) is 9.92. The molecule has 0 spiro atoms. The van der Waals surface area contributed by atoms with Crippen molar-refractivity contribution in [1.29, 1.82) is 0 Å². The molecule has 0 aliphatic carbocycles. The summed E-state index contributed by atoms with van der Waals surface area (Å²) in [6, 6.07) is 5.72. The number of nitrogens with one attached hydrogen (secondary N) is 1. The van der Waals surface area contributed by atoms with Crippen molar-refractivity contribution < 1.29 is 19.2 Å². The molecule has 1 aromatic heterocycles. The minimum absolute atomic E-state index is 0.0495. The summed E-state index contributed by atoms with van der Waals surface area (Å²) in [6.45, 7) is 7.89. The number of nitro benzene ring substituents is 1. The zero-order valence-electron chi connectivity index (χ0n) is 18.0. The second kappa shape index (κ2) is 10.9. The van der Waals surface area contributed by atoms with E-state index in [0.717, 1.165) is 0 Å². The van der Waals surface area contributed by atoms with Crippen LogP contribution in [0.5, 0.6) is 11.5 Å². The Labute approximate surface area is 179 Å². The number of carbonyl (C=O) groups excluding carboxylic acids is 1. The van der Waals surface area contributed by atoms with E-state index in [4.69, 9.17) is 9.47 Å². The van der Waals surface area contributed by atoms with Gasteiger partial charge in [-0.3, -0.25) is 19.7 Å². The number of pyridine rings is 1. The van der Waals surface area contributed by atoms with E-state index in [-0.39, 0.29) is 35.4 Å². The van der Waals surface area contributed by atoms with Gasteiger partial charge in [0.1, 0.15) is 5.56 Å². The fourth-order valence-electron chi connectivity index (χ4n) is 2.75. The summed E-state index contributed by atoms with van der Waals surface area (Å²) in [5, 5.41) is 15.3. The number of amides is 1. The summed E-state index contributed by atoms with van der Waals surface area (Å²) in [7, 11) is 0. The van der Waals surface area contributed by atoms with Gasteiger partial charge in [-0.1, -0.05) is 6.92 Å². The second-order valence-electron chi connectivity index (χ2n) is 6.83. The third-order valence-corrected chi connectivity index (χ3v) is 4.16. The molecule has 0 saturated carbocycles.